The second-order valence-corrected chi connectivity index (χ2v) is 13.0. The number of allylic oxidation sites excluding steroid dienone is 1. The van der Waals surface area contributed by atoms with Gasteiger partial charge >= 0.3 is 0 Å². The van der Waals surface area contributed by atoms with E-state index in [0.29, 0.717) is 66.4 Å². The topological polar surface area (TPSA) is 165 Å². The third kappa shape index (κ3) is 6.92. The van der Waals surface area contributed by atoms with E-state index >= 15 is 0 Å². The predicted molar refractivity (Wildman–Crippen MR) is 176 cm³/mol. The van der Waals surface area contributed by atoms with Gasteiger partial charge < -0.3 is 16.4 Å². The Morgan fingerprint density at radius 2 is 1.70 bits per heavy atom. The Kier molecular flexibility index (Phi) is 8.79. The highest BCUT2D eigenvalue weighted by atomic mass is 32.2. The van der Waals surface area contributed by atoms with E-state index in [1.807, 2.05) is 42.6 Å². The summed E-state index contributed by atoms with van der Waals surface area (Å²) < 4.78 is 28.3. The number of nitrogens with zero attached hydrogens (tertiary/aromatic N) is 3. The fourth-order valence-corrected chi connectivity index (χ4v) is 7.05. The molecule has 1 saturated carbocycles. The minimum atomic E-state index is -3.70. The highest BCUT2D eigenvalue weighted by Crippen LogP contribution is 2.40. The minimum Gasteiger partial charge on any atom is -0.384 e. The van der Waals surface area contributed by atoms with E-state index in [1.54, 1.807) is 65.5 Å². The van der Waals surface area contributed by atoms with E-state index in [4.69, 9.17) is 5.73 Å². The SMILES string of the molecule is Nc1ccn[nH]1.O=C1CCC(/C=C(/C(=O)Nc2ccn(Cc3ccccc3)n2)c2ccc3c(c2)Nc2ccccc2S3(=O)=O)CC1. The fraction of sp³-hybridized carbons (Fsp3) is 0.176. The maximum atomic E-state index is 13.7. The second-order valence-electron chi connectivity index (χ2n) is 11.1. The number of carbonyl (C=O) groups excluding carboxylic acids is 2. The van der Waals surface area contributed by atoms with Gasteiger partial charge in [-0.05, 0) is 60.2 Å². The molecule has 234 valence electrons. The molecule has 0 unspecified atom stereocenters. The number of sulfone groups is 1. The minimum absolute atomic E-state index is 0.0579. The van der Waals surface area contributed by atoms with Crippen LogP contribution in [0.1, 0.15) is 36.8 Å². The van der Waals surface area contributed by atoms with Gasteiger partial charge in [-0.15, -0.1) is 0 Å². The second kappa shape index (κ2) is 13.2. The zero-order valence-electron chi connectivity index (χ0n) is 24.9. The van der Waals surface area contributed by atoms with Gasteiger partial charge in [0, 0.05) is 30.7 Å². The van der Waals surface area contributed by atoms with Crippen LogP contribution in [0, 0.1) is 5.92 Å². The Morgan fingerprint density at radius 1 is 0.957 bits per heavy atom. The van der Waals surface area contributed by atoms with Crippen molar-refractivity contribution in [3.8, 4) is 0 Å². The molecule has 11 nitrogen and oxygen atoms in total. The summed E-state index contributed by atoms with van der Waals surface area (Å²) in [5.41, 5.74) is 8.16. The van der Waals surface area contributed by atoms with Crippen molar-refractivity contribution in [1.82, 2.24) is 20.0 Å². The van der Waals surface area contributed by atoms with Crippen molar-refractivity contribution in [1.29, 1.82) is 0 Å². The highest BCUT2D eigenvalue weighted by Gasteiger charge is 2.30. The lowest BCUT2D eigenvalue weighted by Gasteiger charge is -2.23. The quantitative estimate of drug-likeness (QED) is 0.172. The number of benzene rings is 3. The maximum absolute atomic E-state index is 13.7. The van der Waals surface area contributed by atoms with Crippen molar-refractivity contribution in [3.63, 3.8) is 0 Å². The molecule has 1 amide bonds. The first-order valence-corrected chi connectivity index (χ1v) is 16.4. The molecular formula is C34H33N7O4S. The summed E-state index contributed by atoms with van der Waals surface area (Å²) in [6, 6.07) is 25.0. The maximum Gasteiger partial charge on any atom is 0.257 e. The van der Waals surface area contributed by atoms with Gasteiger partial charge in [-0.25, -0.2) is 8.42 Å². The van der Waals surface area contributed by atoms with Crippen molar-refractivity contribution >= 4 is 50.1 Å². The highest BCUT2D eigenvalue weighted by molar-refractivity contribution is 7.92. The van der Waals surface area contributed by atoms with Gasteiger partial charge in [0.25, 0.3) is 5.91 Å². The Labute approximate surface area is 266 Å². The number of anilines is 4. The number of nitrogens with one attached hydrogen (secondary N) is 3. The van der Waals surface area contributed by atoms with Crippen LogP contribution in [-0.2, 0) is 26.0 Å². The number of fused-ring (bicyclic) bond motifs is 2. The molecule has 5 aromatic rings. The fourth-order valence-electron chi connectivity index (χ4n) is 5.50. The molecule has 1 aliphatic heterocycles. The molecule has 0 radical (unpaired) electrons. The van der Waals surface area contributed by atoms with Gasteiger partial charge in [0.1, 0.15) is 11.6 Å². The van der Waals surface area contributed by atoms with Crippen LogP contribution in [0.5, 0.6) is 0 Å². The van der Waals surface area contributed by atoms with Gasteiger partial charge in [0.2, 0.25) is 9.84 Å². The number of rotatable bonds is 6. The zero-order valence-corrected chi connectivity index (χ0v) is 25.7. The molecule has 0 saturated heterocycles. The average molecular weight is 636 g/mol. The number of Topliss-reactive ketones (excluding diaryl/α,β-unsaturated/α-hetero) is 1. The largest absolute Gasteiger partial charge is 0.384 e. The van der Waals surface area contributed by atoms with E-state index in [1.165, 1.54) is 0 Å². The number of ketones is 1. The van der Waals surface area contributed by atoms with Crippen LogP contribution in [0.15, 0.2) is 113 Å². The smallest absolute Gasteiger partial charge is 0.257 e. The van der Waals surface area contributed by atoms with E-state index in [9.17, 15) is 18.0 Å². The van der Waals surface area contributed by atoms with Crippen LogP contribution < -0.4 is 16.4 Å². The number of carbonyl (C=O) groups is 2. The van der Waals surface area contributed by atoms with Crippen molar-refractivity contribution in [2.45, 2.75) is 42.0 Å². The summed E-state index contributed by atoms with van der Waals surface area (Å²) in [6.07, 6.45) is 7.65. The number of amides is 1. The molecule has 12 heteroatoms. The van der Waals surface area contributed by atoms with Gasteiger partial charge in [0.05, 0.1) is 33.9 Å². The molecule has 2 aromatic heterocycles. The lowest BCUT2D eigenvalue weighted by atomic mass is 9.86. The van der Waals surface area contributed by atoms with Crippen LogP contribution >= 0.6 is 0 Å². The van der Waals surface area contributed by atoms with Crippen molar-refractivity contribution in [2.75, 3.05) is 16.4 Å². The summed E-state index contributed by atoms with van der Waals surface area (Å²) in [7, 11) is -3.70. The molecule has 46 heavy (non-hydrogen) atoms. The normalized spacial score (nSPS) is 15.5. The first kappa shape index (κ1) is 30.5. The molecule has 0 spiro atoms. The Bertz CT molecular complexity index is 1990. The lowest BCUT2D eigenvalue weighted by molar-refractivity contribution is -0.120. The number of para-hydroxylation sites is 1. The Morgan fingerprint density at radius 3 is 2.41 bits per heavy atom. The summed E-state index contributed by atoms with van der Waals surface area (Å²) >= 11 is 0. The summed E-state index contributed by atoms with van der Waals surface area (Å²) in [6.45, 7) is 0.571. The first-order valence-electron chi connectivity index (χ1n) is 14.9. The number of aromatic amines is 1. The molecule has 3 heterocycles. The molecule has 3 aromatic carbocycles. The van der Waals surface area contributed by atoms with Crippen LogP contribution in [0.3, 0.4) is 0 Å². The van der Waals surface area contributed by atoms with Crippen LogP contribution in [0.2, 0.25) is 0 Å². The summed E-state index contributed by atoms with van der Waals surface area (Å²) in [5, 5.41) is 16.7. The summed E-state index contributed by atoms with van der Waals surface area (Å²) in [4.78, 5) is 25.9. The summed E-state index contributed by atoms with van der Waals surface area (Å²) in [5.74, 6) is 0.970. The lowest BCUT2D eigenvalue weighted by Crippen LogP contribution is -2.18. The number of nitrogens with two attached hydrogens (primary N) is 1. The molecule has 7 rings (SSSR count). The monoisotopic (exact) mass is 635 g/mol. The molecule has 2 aliphatic rings. The third-order valence-corrected chi connectivity index (χ3v) is 9.72. The molecule has 0 atom stereocenters. The van der Waals surface area contributed by atoms with Gasteiger partial charge in [-0.1, -0.05) is 54.6 Å². The van der Waals surface area contributed by atoms with Crippen LogP contribution in [-0.4, -0.2) is 40.1 Å². The first-order chi connectivity index (χ1) is 22.3. The van der Waals surface area contributed by atoms with Crippen molar-refractivity contribution < 1.29 is 18.0 Å². The van der Waals surface area contributed by atoms with Crippen molar-refractivity contribution in [3.05, 3.63) is 115 Å². The third-order valence-electron chi connectivity index (χ3n) is 7.85. The number of hydrogen-bond donors (Lipinski definition) is 4. The molecule has 0 bridgehead atoms. The molecule has 5 N–H and O–H groups in total. The van der Waals surface area contributed by atoms with E-state index in [-0.39, 0.29) is 27.4 Å². The zero-order chi connectivity index (χ0) is 32.1. The standard InChI is InChI=1S/C31H28N4O4S.C3H5N3/c36-24-13-10-21(11-14-24)18-25(31(37)33-30-16-17-35(34-30)20-22-6-2-1-3-7-22)23-12-15-29-27(19-23)32-26-8-4-5-9-28(26)40(29,38)39;4-3-1-2-5-6-3/h1-9,12,15-19,21,32H,10-11,13-14,20H2,(H,33,34,37);1-2H,(H3,4,5,6)/b25-18+;. The number of hydrogen-bond acceptors (Lipinski definition) is 8. The van der Waals surface area contributed by atoms with Crippen molar-refractivity contribution in [2.24, 2.45) is 5.92 Å². The Balaban J connectivity index is 0.000000557. The van der Waals surface area contributed by atoms with Crippen LogP contribution in [0.4, 0.5) is 23.0 Å². The number of nitrogen functional groups attached to an aromatic ring is 1. The van der Waals surface area contributed by atoms with Crippen LogP contribution in [0.25, 0.3) is 5.57 Å². The Hall–Kier alpha value is -5.49. The van der Waals surface area contributed by atoms with E-state index < -0.39 is 9.84 Å². The predicted octanol–water partition coefficient (Wildman–Crippen LogP) is 5.59. The van der Waals surface area contributed by atoms with E-state index in [0.717, 1.165) is 5.56 Å². The number of H-pyrrole nitrogens is 1. The van der Waals surface area contributed by atoms with E-state index in [2.05, 4.69) is 25.9 Å². The average Bonchev–Trinajstić information content (AvgIpc) is 3.72. The van der Waals surface area contributed by atoms with Gasteiger partial charge in [-0.3, -0.25) is 19.4 Å². The van der Waals surface area contributed by atoms with Gasteiger partial charge in [0.15, 0.2) is 5.82 Å². The molecule has 1 fully saturated rings. The van der Waals surface area contributed by atoms with Gasteiger partial charge in [-0.2, -0.15) is 10.2 Å². The number of aromatic nitrogens is 4. The molecular weight excluding hydrogens is 602 g/mol. The molecule has 1 aliphatic carbocycles.